The molecule has 4 rings (SSSR count). The molecule has 1 heterocycles. The Morgan fingerprint density at radius 1 is 1.00 bits per heavy atom. The Kier molecular flexibility index (Phi) is 6.79. The van der Waals surface area contributed by atoms with E-state index in [1.807, 2.05) is 72.8 Å². The predicted molar refractivity (Wildman–Crippen MR) is 131 cm³/mol. The molecule has 0 unspecified atom stereocenters. The zero-order chi connectivity index (χ0) is 24.1. The van der Waals surface area contributed by atoms with E-state index in [1.165, 1.54) is 22.5 Å². The molecule has 3 aromatic carbocycles. The molecule has 0 saturated heterocycles. The second-order valence-corrected chi connectivity index (χ2v) is 7.80. The highest BCUT2D eigenvalue weighted by molar-refractivity contribution is 5.89. The van der Waals surface area contributed by atoms with Crippen LogP contribution in [0.2, 0.25) is 0 Å². The highest BCUT2D eigenvalue weighted by Gasteiger charge is 2.10. The summed E-state index contributed by atoms with van der Waals surface area (Å²) in [7, 11) is 0. The van der Waals surface area contributed by atoms with Gasteiger partial charge in [0.25, 0.3) is 0 Å². The van der Waals surface area contributed by atoms with Gasteiger partial charge in [0.05, 0.1) is 18.6 Å². The van der Waals surface area contributed by atoms with Crippen LogP contribution in [0.4, 0.5) is 10.1 Å². The van der Waals surface area contributed by atoms with Crippen molar-refractivity contribution >= 4 is 11.6 Å². The zero-order valence-electron chi connectivity index (χ0n) is 18.6. The fraction of sp³-hybridized carbons (Fsp3) is 0.115. The fourth-order valence-corrected chi connectivity index (χ4v) is 3.60. The minimum atomic E-state index is -0.372. The maximum absolute atomic E-state index is 12.8. The average molecular weight is 458 g/mol. The van der Waals surface area contributed by atoms with Gasteiger partial charge in [-0.15, -0.1) is 0 Å². The molecule has 8 heteroatoms. The van der Waals surface area contributed by atoms with Crippen LogP contribution in [0.1, 0.15) is 6.92 Å². The van der Waals surface area contributed by atoms with E-state index in [9.17, 15) is 14.0 Å². The lowest BCUT2D eigenvalue weighted by Crippen LogP contribution is -2.25. The van der Waals surface area contributed by atoms with E-state index in [2.05, 4.69) is 10.4 Å². The number of nitrogens with one attached hydrogen (secondary N) is 1. The Labute approximate surface area is 196 Å². The van der Waals surface area contributed by atoms with Crippen molar-refractivity contribution in [3.05, 3.63) is 102 Å². The number of nitrogens with two attached hydrogens (primary N) is 1. The van der Waals surface area contributed by atoms with Crippen LogP contribution in [0.25, 0.3) is 27.9 Å². The highest BCUT2D eigenvalue weighted by atomic mass is 19.1. The molecule has 0 aliphatic carbocycles. The second kappa shape index (κ2) is 10.1. The standard InChI is InChI=1S/C26H24FN5O2/c1-18(33)30-24-11-9-21(10-12-24)20-5-7-22(8-6-20)23-3-2-4-25(13-23)31-17-29-32(26(31)34)16-19(14-27)15-28/h2-14,17H,15-16,28H2,1H3,(H,30,33)/b19-14+. The van der Waals surface area contributed by atoms with Crippen molar-refractivity contribution < 1.29 is 9.18 Å². The molecule has 34 heavy (non-hydrogen) atoms. The molecule has 172 valence electrons. The van der Waals surface area contributed by atoms with Crippen molar-refractivity contribution in [2.24, 2.45) is 5.73 Å². The molecule has 1 amide bonds. The fourth-order valence-electron chi connectivity index (χ4n) is 3.60. The maximum atomic E-state index is 12.8. The summed E-state index contributed by atoms with van der Waals surface area (Å²) in [5.74, 6) is -0.106. The summed E-state index contributed by atoms with van der Waals surface area (Å²) in [5.41, 5.74) is 10.8. The van der Waals surface area contributed by atoms with E-state index in [4.69, 9.17) is 5.73 Å². The molecule has 0 aliphatic rings. The van der Waals surface area contributed by atoms with Crippen LogP contribution >= 0.6 is 0 Å². The van der Waals surface area contributed by atoms with Crippen molar-refractivity contribution in [1.82, 2.24) is 14.3 Å². The van der Waals surface area contributed by atoms with Crippen LogP contribution in [0.3, 0.4) is 0 Å². The quantitative estimate of drug-likeness (QED) is 0.436. The molecule has 0 fully saturated rings. The zero-order valence-corrected chi connectivity index (χ0v) is 18.6. The van der Waals surface area contributed by atoms with E-state index < -0.39 is 0 Å². The third-order valence-corrected chi connectivity index (χ3v) is 5.38. The van der Waals surface area contributed by atoms with Crippen molar-refractivity contribution in [2.75, 3.05) is 11.9 Å². The molecule has 0 spiro atoms. The van der Waals surface area contributed by atoms with E-state index in [1.54, 1.807) is 0 Å². The number of carbonyl (C=O) groups is 1. The molecule has 0 saturated carbocycles. The molecule has 0 radical (unpaired) electrons. The number of hydrogen-bond donors (Lipinski definition) is 2. The number of aromatic nitrogens is 3. The van der Waals surface area contributed by atoms with E-state index >= 15 is 0 Å². The van der Waals surface area contributed by atoms with Gasteiger partial charge in [-0.3, -0.25) is 4.79 Å². The first-order chi connectivity index (χ1) is 16.5. The molecule has 1 aromatic heterocycles. The van der Waals surface area contributed by atoms with Crippen LogP contribution < -0.4 is 16.7 Å². The Morgan fingerprint density at radius 2 is 1.62 bits per heavy atom. The molecule has 7 nitrogen and oxygen atoms in total. The van der Waals surface area contributed by atoms with Gasteiger partial charge in [-0.05, 0) is 52.1 Å². The lowest BCUT2D eigenvalue weighted by atomic mass is 10.00. The smallest absolute Gasteiger partial charge is 0.327 e. The first-order valence-electron chi connectivity index (χ1n) is 10.7. The van der Waals surface area contributed by atoms with Crippen molar-refractivity contribution in [3.8, 4) is 27.9 Å². The highest BCUT2D eigenvalue weighted by Crippen LogP contribution is 2.27. The van der Waals surface area contributed by atoms with Gasteiger partial charge in [-0.25, -0.2) is 18.4 Å². The SMILES string of the molecule is CC(=O)Nc1ccc(-c2ccc(-c3cccc(-n4cnn(C/C(=C/F)CN)c4=O)c3)cc2)cc1. The Balaban J connectivity index is 1.56. The lowest BCUT2D eigenvalue weighted by Gasteiger charge is -2.08. The number of nitrogens with zero attached hydrogens (tertiary/aromatic N) is 3. The Morgan fingerprint density at radius 3 is 2.21 bits per heavy atom. The second-order valence-electron chi connectivity index (χ2n) is 7.80. The molecule has 3 N–H and O–H groups in total. The third-order valence-electron chi connectivity index (χ3n) is 5.38. The van der Waals surface area contributed by atoms with Gasteiger partial charge >= 0.3 is 5.69 Å². The summed E-state index contributed by atoms with van der Waals surface area (Å²) in [4.78, 5) is 23.9. The van der Waals surface area contributed by atoms with Crippen molar-refractivity contribution in [1.29, 1.82) is 0 Å². The average Bonchev–Trinajstić information content (AvgIpc) is 3.22. The van der Waals surface area contributed by atoms with Gasteiger partial charge in [0.1, 0.15) is 6.33 Å². The summed E-state index contributed by atoms with van der Waals surface area (Å²) in [6, 6.07) is 23.3. The van der Waals surface area contributed by atoms with Crippen LogP contribution in [-0.4, -0.2) is 26.8 Å². The maximum Gasteiger partial charge on any atom is 0.350 e. The van der Waals surface area contributed by atoms with Crippen LogP contribution in [0.5, 0.6) is 0 Å². The number of rotatable bonds is 7. The number of amides is 1. The molecule has 0 aliphatic heterocycles. The van der Waals surface area contributed by atoms with Crippen molar-refractivity contribution in [3.63, 3.8) is 0 Å². The molecule has 4 aromatic rings. The van der Waals surface area contributed by atoms with Gasteiger partial charge in [-0.2, -0.15) is 5.10 Å². The Hall–Kier alpha value is -4.30. The first kappa shape index (κ1) is 22.9. The van der Waals surface area contributed by atoms with Gasteiger partial charge in [0.2, 0.25) is 5.91 Å². The van der Waals surface area contributed by atoms with Gasteiger partial charge in [0, 0.05) is 19.2 Å². The topological polar surface area (TPSA) is 94.9 Å². The Bertz CT molecular complexity index is 1390. The molecule has 0 atom stereocenters. The van der Waals surface area contributed by atoms with Crippen LogP contribution in [0.15, 0.2) is 95.8 Å². The van der Waals surface area contributed by atoms with Crippen LogP contribution in [-0.2, 0) is 11.3 Å². The lowest BCUT2D eigenvalue weighted by molar-refractivity contribution is -0.114. The number of halogens is 1. The van der Waals surface area contributed by atoms with Gasteiger partial charge in [-0.1, -0.05) is 48.5 Å². The predicted octanol–water partition coefficient (Wildman–Crippen LogP) is 4.14. The van der Waals surface area contributed by atoms with Gasteiger partial charge < -0.3 is 11.1 Å². The summed E-state index contributed by atoms with van der Waals surface area (Å²) < 4.78 is 15.4. The molecular formula is C26H24FN5O2. The number of hydrogen-bond acceptors (Lipinski definition) is 4. The largest absolute Gasteiger partial charge is 0.350 e. The summed E-state index contributed by atoms with van der Waals surface area (Å²) in [6.45, 7) is 1.50. The van der Waals surface area contributed by atoms with Crippen molar-refractivity contribution in [2.45, 2.75) is 13.5 Å². The molecular weight excluding hydrogens is 433 g/mol. The molecule has 0 bridgehead atoms. The first-order valence-corrected chi connectivity index (χ1v) is 10.7. The van der Waals surface area contributed by atoms with Gasteiger partial charge in [0.15, 0.2) is 0 Å². The number of benzene rings is 3. The van der Waals surface area contributed by atoms with E-state index in [-0.39, 0.29) is 30.3 Å². The monoisotopic (exact) mass is 457 g/mol. The minimum absolute atomic E-state index is 0.00573. The normalized spacial score (nSPS) is 11.4. The van der Waals surface area contributed by atoms with E-state index in [0.717, 1.165) is 27.9 Å². The minimum Gasteiger partial charge on any atom is -0.327 e. The van der Waals surface area contributed by atoms with Crippen LogP contribution in [0, 0.1) is 0 Å². The van der Waals surface area contributed by atoms with E-state index in [0.29, 0.717) is 12.0 Å². The number of anilines is 1. The third kappa shape index (κ3) is 5.02. The number of carbonyl (C=O) groups excluding carboxylic acids is 1. The summed E-state index contributed by atoms with van der Waals surface area (Å²) >= 11 is 0. The summed E-state index contributed by atoms with van der Waals surface area (Å²) in [5, 5.41) is 6.84. The summed E-state index contributed by atoms with van der Waals surface area (Å²) in [6.07, 6.45) is 1.83.